The minimum atomic E-state index is -4.54. The molecule has 2 amide bonds. The number of thioether (sulfide) groups is 1. The summed E-state index contributed by atoms with van der Waals surface area (Å²) in [5.41, 5.74) is 0.585. The minimum Gasteiger partial charge on any atom is -0.383 e. The Morgan fingerprint density at radius 1 is 1.21 bits per heavy atom. The zero-order chi connectivity index (χ0) is 27.7. The average molecular weight is 579 g/mol. The van der Waals surface area contributed by atoms with Gasteiger partial charge in [0.1, 0.15) is 0 Å². The van der Waals surface area contributed by atoms with E-state index in [1.807, 2.05) is 0 Å². The van der Waals surface area contributed by atoms with Gasteiger partial charge in [0.2, 0.25) is 0 Å². The second-order valence-corrected chi connectivity index (χ2v) is 11.0. The fraction of sp³-hybridized carbons (Fsp3) is 0.370. The molecule has 1 aromatic heterocycles. The second kappa shape index (κ2) is 11.3. The Labute approximate surface area is 232 Å². The molecule has 3 aromatic rings. The summed E-state index contributed by atoms with van der Waals surface area (Å²) >= 11 is 6.71. The maximum atomic E-state index is 13.5. The third-order valence-electron chi connectivity index (χ3n) is 7.01. The van der Waals surface area contributed by atoms with Gasteiger partial charge in [-0.15, -0.1) is 0 Å². The van der Waals surface area contributed by atoms with Crippen LogP contribution in [0.1, 0.15) is 29.5 Å². The third-order valence-corrected chi connectivity index (χ3v) is 8.15. The van der Waals surface area contributed by atoms with Crippen LogP contribution in [0, 0.1) is 0 Å². The number of amides is 2. The first kappa shape index (κ1) is 27.7. The van der Waals surface area contributed by atoms with Crippen molar-refractivity contribution in [1.82, 2.24) is 19.6 Å². The molecule has 2 fully saturated rings. The first-order chi connectivity index (χ1) is 18.6. The fourth-order valence-electron chi connectivity index (χ4n) is 5.06. The van der Waals surface area contributed by atoms with Crippen LogP contribution in [0.3, 0.4) is 0 Å². The molecule has 206 valence electrons. The molecule has 39 heavy (non-hydrogen) atoms. The summed E-state index contributed by atoms with van der Waals surface area (Å²) < 4.78 is 47.2. The first-order valence-electron chi connectivity index (χ1n) is 12.4. The number of rotatable bonds is 8. The molecule has 0 saturated carbocycles. The van der Waals surface area contributed by atoms with Gasteiger partial charge in [0.25, 0.3) is 11.1 Å². The molecule has 0 radical (unpaired) electrons. The Hall–Kier alpha value is -2.86. The van der Waals surface area contributed by atoms with Gasteiger partial charge in [-0.05, 0) is 72.6 Å². The number of methoxy groups -OCH3 is 1. The monoisotopic (exact) mass is 578 g/mol. The summed E-state index contributed by atoms with van der Waals surface area (Å²) in [5.74, 6) is -0.318. The van der Waals surface area contributed by atoms with Crippen molar-refractivity contribution in [3.05, 3.63) is 69.2 Å². The van der Waals surface area contributed by atoms with Crippen molar-refractivity contribution in [1.29, 1.82) is 0 Å². The number of ether oxygens (including phenoxy) is 1. The van der Waals surface area contributed by atoms with E-state index >= 15 is 0 Å². The SMILES string of the molecule is COCCN1CCC[C@H]1CN1C(=O)SC(=Cc2ccc3c(cnn3Cc3ccc(Cl)cc3C(F)(F)F)c2)C1=O. The summed E-state index contributed by atoms with van der Waals surface area (Å²) in [5, 5.41) is 4.70. The van der Waals surface area contributed by atoms with E-state index in [1.54, 1.807) is 37.6 Å². The molecule has 2 aliphatic heterocycles. The second-order valence-electron chi connectivity index (χ2n) is 9.54. The lowest BCUT2D eigenvalue weighted by atomic mass is 10.1. The quantitative estimate of drug-likeness (QED) is 0.310. The highest BCUT2D eigenvalue weighted by molar-refractivity contribution is 8.18. The maximum Gasteiger partial charge on any atom is 0.416 e. The highest BCUT2D eigenvalue weighted by Crippen LogP contribution is 2.36. The van der Waals surface area contributed by atoms with Gasteiger partial charge in [-0.1, -0.05) is 23.7 Å². The normalized spacial score (nSPS) is 19.8. The van der Waals surface area contributed by atoms with Gasteiger partial charge >= 0.3 is 6.18 Å². The molecule has 12 heteroatoms. The number of carbonyl (C=O) groups excluding carboxylic acids is 2. The Morgan fingerprint density at radius 2 is 2.03 bits per heavy atom. The summed E-state index contributed by atoms with van der Waals surface area (Å²) in [6, 6.07) is 9.10. The predicted octanol–water partition coefficient (Wildman–Crippen LogP) is 5.90. The van der Waals surface area contributed by atoms with Crippen LogP contribution >= 0.6 is 23.4 Å². The smallest absolute Gasteiger partial charge is 0.383 e. The lowest BCUT2D eigenvalue weighted by Crippen LogP contribution is -2.43. The molecular weight excluding hydrogens is 553 g/mol. The number of imide groups is 1. The van der Waals surface area contributed by atoms with Crippen LogP contribution in [0.15, 0.2) is 47.5 Å². The topological polar surface area (TPSA) is 67.7 Å². The molecule has 3 heterocycles. The van der Waals surface area contributed by atoms with E-state index in [2.05, 4.69) is 10.00 Å². The number of alkyl halides is 3. The maximum absolute atomic E-state index is 13.5. The first-order valence-corrected chi connectivity index (χ1v) is 13.6. The van der Waals surface area contributed by atoms with E-state index in [0.29, 0.717) is 34.5 Å². The molecule has 2 aliphatic rings. The molecule has 0 bridgehead atoms. The van der Waals surface area contributed by atoms with Crippen LogP contribution in [-0.2, 0) is 22.3 Å². The van der Waals surface area contributed by atoms with Crippen LogP contribution in [-0.4, -0.2) is 70.1 Å². The molecule has 7 nitrogen and oxygen atoms in total. The number of benzene rings is 2. The molecular formula is C27H26ClF3N4O3S. The van der Waals surface area contributed by atoms with Gasteiger partial charge in [-0.2, -0.15) is 18.3 Å². The number of likely N-dealkylation sites (tertiary alicyclic amines) is 1. The van der Waals surface area contributed by atoms with Gasteiger partial charge in [-0.3, -0.25) is 24.1 Å². The molecule has 2 saturated heterocycles. The van der Waals surface area contributed by atoms with E-state index in [1.165, 1.54) is 21.7 Å². The Kier molecular flexibility index (Phi) is 8.04. The molecule has 5 rings (SSSR count). The Balaban J connectivity index is 1.32. The van der Waals surface area contributed by atoms with Gasteiger partial charge < -0.3 is 4.74 Å². The predicted molar refractivity (Wildman–Crippen MR) is 144 cm³/mol. The van der Waals surface area contributed by atoms with Gasteiger partial charge in [-0.25, -0.2) is 0 Å². The minimum absolute atomic E-state index is 0.0112. The third kappa shape index (κ3) is 6.01. The summed E-state index contributed by atoms with van der Waals surface area (Å²) in [6.07, 6.45) is 0.630. The van der Waals surface area contributed by atoms with Gasteiger partial charge in [0, 0.05) is 36.7 Å². The van der Waals surface area contributed by atoms with Gasteiger partial charge in [0.15, 0.2) is 0 Å². The van der Waals surface area contributed by atoms with Crippen LogP contribution < -0.4 is 0 Å². The number of hydrogen-bond donors (Lipinski definition) is 0. The number of hydrogen-bond acceptors (Lipinski definition) is 6. The van der Waals surface area contributed by atoms with Crippen LogP contribution in [0.2, 0.25) is 5.02 Å². The molecule has 0 spiro atoms. The van der Waals surface area contributed by atoms with E-state index < -0.39 is 11.7 Å². The molecule has 0 aliphatic carbocycles. The molecule has 0 N–H and O–H groups in total. The van der Waals surface area contributed by atoms with Crippen molar-refractivity contribution in [2.24, 2.45) is 0 Å². The lowest BCUT2D eigenvalue weighted by Gasteiger charge is -2.26. The van der Waals surface area contributed by atoms with E-state index in [-0.39, 0.29) is 34.3 Å². The number of halogens is 4. The number of fused-ring (bicyclic) bond motifs is 1. The molecule has 2 aromatic carbocycles. The van der Waals surface area contributed by atoms with E-state index in [9.17, 15) is 22.8 Å². The van der Waals surface area contributed by atoms with E-state index in [0.717, 1.165) is 43.8 Å². The fourth-order valence-corrected chi connectivity index (χ4v) is 6.08. The van der Waals surface area contributed by atoms with Crippen molar-refractivity contribution >= 4 is 51.5 Å². The van der Waals surface area contributed by atoms with Crippen LogP contribution in [0.25, 0.3) is 17.0 Å². The zero-order valence-electron chi connectivity index (χ0n) is 21.1. The van der Waals surface area contributed by atoms with Crippen LogP contribution in [0.5, 0.6) is 0 Å². The van der Waals surface area contributed by atoms with E-state index in [4.69, 9.17) is 16.3 Å². The summed E-state index contributed by atoms with van der Waals surface area (Å²) in [7, 11) is 1.65. The number of nitrogens with zero attached hydrogens (tertiary/aromatic N) is 4. The highest BCUT2D eigenvalue weighted by Gasteiger charge is 2.38. The van der Waals surface area contributed by atoms with Crippen molar-refractivity contribution < 1.29 is 27.5 Å². The van der Waals surface area contributed by atoms with Crippen molar-refractivity contribution in [2.75, 3.05) is 33.4 Å². The Morgan fingerprint density at radius 3 is 2.79 bits per heavy atom. The van der Waals surface area contributed by atoms with Crippen molar-refractivity contribution in [3.8, 4) is 0 Å². The lowest BCUT2D eigenvalue weighted by molar-refractivity contribution is -0.138. The molecule has 1 atom stereocenters. The Bertz CT molecular complexity index is 1440. The number of carbonyl (C=O) groups is 2. The van der Waals surface area contributed by atoms with Crippen molar-refractivity contribution in [2.45, 2.75) is 31.6 Å². The van der Waals surface area contributed by atoms with Crippen LogP contribution in [0.4, 0.5) is 18.0 Å². The van der Waals surface area contributed by atoms with Crippen molar-refractivity contribution in [3.63, 3.8) is 0 Å². The number of aromatic nitrogens is 2. The zero-order valence-corrected chi connectivity index (χ0v) is 22.7. The van der Waals surface area contributed by atoms with Gasteiger partial charge in [0.05, 0.1) is 35.3 Å². The standard InChI is InChI=1S/C27H26ClF3N4O3S/c1-38-10-9-33-8-2-3-21(33)16-34-25(36)24(39-26(34)37)12-17-4-7-23-19(11-17)14-32-35(23)15-18-5-6-20(28)13-22(18)27(29,30)31/h4-7,11-14,21H,2-3,8-10,15-16H2,1H3/t21-/m0/s1. The highest BCUT2D eigenvalue weighted by atomic mass is 35.5. The largest absolute Gasteiger partial charge is 0.416 e. The summed E-state index contributed by atoms with van der Waals surface area (Å²) in [6.45, 7) is 2.54. The average Bonchev–Trinajstić information content (AvgIpc) is 3.58. The molecule has 0 unspecified atom stereocenters. The summed E-state index contributed by atoms with van der Waals surface area (Å²) in [4.78, 5) is 29.7.